The monoisotopic (exact) mass is 179 g/mol. The molecule has 0 amide bonds. The van der Waals surface area contributed by atoms with Crippen LogP contribution in [0, 0.1) is 0 Å². The quantitative estimate of drug-likeness (QED) is 0.626. The number of alkyl halides is 3. The lowest BCUT2D eigenvalue weighted by molar-refractivity contribution is -0.141. The van der Waals surface area contributed by atoms with Crippen LogP contribution < -0.4 is 5.43 Å². The number of pyridine rings is 1. The van der Waals surface area contributed by atoms with Crippen LogP contribution in [0.15, 0.2) is 17.1 Å². The summed E-state index contributed by atoms with van der Waals surface area (Å²) in [6.45, 7) is 0. The van der Waals surface area contributed by atoms with E-state index in [4.69, 9.17) is 5.11 Å². The molecule has 3 nitrogen and oxygen atoms in total. The molecule has 0 fully saturated rings. The summed E-state index contributed by atoms with van der Waals surface area (Å²) in [6, 6.07) is 0.301. The molecule has 0 saturated carbocycles. The molecule has 1 heterocycles. The predicted molar refractivity (Wildman–Crippen MR) is 33.7 cm³/mol. The first-order chi connectivity index (χ1) is 5.41. The average Bonchev–Trinajstić information content (AvgIpc) is 1.92. The summed E-state index contributed by atoms with van der Waals surface area (Å²) in [5, 5.41) is 8.60. The summed E-state index contributed by atoms with van der Waals surface area (Å²) < 4.78 is 35.5. The molecule has 66 valence electrons. The molecule has 0 unspecified atom stereocenters. The van der Waals surface area contributed by atoms with Gasteiger partial charge in [-0.05, 0) is 0 Å². The Morgan fingerprint density at radius 1 is 1.42 bits per heavy atom. The Labute approximate surface area is 64.5 Å². The molecule has 0 atom stereocenters. The topological polar surface area (TPSA) is 53.1 Å². The maximum absolute atomic E-state index is 11.8. The van der Waals surface area contributed by atoms with Gasteiger partial charge in [0, 0.05) is 12.3 Å². The van der Waals surface area contributed by atoms with Crippen molar-refractivity contribution < 1.29 is 18.3 Å². The summed E-state index contributed by atoms with van der Waals surface area (Å²) in [5.41, 5.74) is -2.23. The minimum Gasteiger partial charge on any atom is -0.503 e. The first-order valence-electron chi connectivity index (χ1n) is 2.90. The van der Waals surface area contributed by atoms with E-state index in [1.165, 1.54) is 0 Å². The van der Waals surface area contributed by atoms with Gasteiger partial charge in [-0.25, -0.2) is 0 Å². The molecule has 0 aliphatic rings. The van der Waals surface area contributed by atoms with Crippen LogP contribution in [-0.4, -0.2) is 10.1 Å². The lowest BCUT2D eigenvalue weighted by Crippen LogP contribution is -2.12. The third-order valence-corrected chi connectivity index (χ3v) is 1.20. The number of halogens is 3. The van der Waals surface area contributed by atoms with Gasteiger partial charge in [-0.3, -0.25) is 4.79 Å². The maximum atomic E-state index is 11.8. The zero-order valence-corrected chi connectivity index (χ0v) is 5.64. The van der Waals surface area contributed by atoms with Gasteiger partial charge >= 0.3 is 6.18 Å². The van der Waals surface area contributed by atoms with Crippen molar-refractivity contribution in [2.24, 2.45) is 0 Å². The number of aromatic nitrogens is 1. The van der Waals surface area contributed by atoms with E-state index in [1.807, 2.05) is 0 Å². The van der Waals surface area contributed by atoms with Gasteiger partial charge in [-0.1, -0.05) is 0 Å². The minimum atomic E-state index is -4.59. The molecule has 0 aliphatic carbocycles. The van der Waals surface area contributed by atoms with E-state index in [0.717, 1.165) is 0 Å². The van der Waals surface area contributed by atoms with Crippen LogP contribution >= 0.6 is 0 Å². The molecule has 1 rings (SSSR count). The highest BCUT2D eigenvalue weighted by Gasteiger charge is 2.31. The molecular formula is C6H4F3NO2. The van der Waals surface area contributed by atoms with E-state index >= 15 is 0 Å². The second-order valence-corrected chi connectivity index (χ2v) is 2.09. The van der Waals surface area contributed by atoms with E-state index in [-0.39, 0.29) is 0 Å². The smallest absolute Gasteiger partial charge is 0.431 e. The molecule has 0 saturated heterocycles. The second kappa shape index (κ2) is 2.54. The highest BCUT2D eigenvalue weighted by Crippen LogP contribution is 2.26. The highest BCUT2D eigenvalue weighted by molar-refractivity contribution is 5.19. The number of aromatic amines is 1. The summed E-state index contributed by atoms with van der Waals surface area (Å²) in [5.74, 6) is -0.733. The third-order valence-electron chi connectivity index (χ3n) is 1.20. The minimum absolute atomic E-state index is 0.301. The lowest BCUT2D eigenvalue weighted by Gasteiger charge is -2.04. The molecule has 0 bridgehead atoms. The summed E-state index contributed by atoms with van der Waals surface area (Å²) in [4.78, 5) is 12.3. The predicted octanol–water partition coefficient (Wildman–Crippen LogP) is 1.10. The van der Waals surface area contributed by atoms with Gasteiger partial charge in [0.1, 0.15) is 5.69 Å². The lowest BCUT2D eigenvalue weighted by atomic mass is 10.3. The highest BCUT2D eigenvalue weighted by atomic mass is 19.4. The van der Waals surface area contributed by atoms with Gasteiger partial charge in [0.2, 0.25) is 5.43 Å². The van der Waals surface area contributed by atoms with Gasteiger partial charge < -0.3 is 10.1 Å². The SMILES string of the molecule is O=c1cc(C(F)(F)F)[nH]cc1O. The molecule has 0 aromatic carbocycles. The Bertz CT molecular complexity index is 341. The Balaban J connectivity index is 3.23. The van der Waals surface area contributed by atoms with Gasteiger partial charge in [0.15, 0.2) is 5.75 Å². The van der Waals surface area contributed by atoms with Gasteiger partial charge in [0.25, 0.3) is 0 Å². The summed E-state index contributed by atoms with van der Waals surface area (Å²) in [7, 11) is 0. The van der Waals surface area contributed by atoms with Crippen LogP contribution in [0.4, 0.5) is 13.2 Å². The Morgan fingerprint density at radius 3 is 2.42 bits per heavy atom. The molecule has 2 N–H and O–H groups in total. The normalized spacial score (nSPS) is 11.6. The van der Waals surface area contributed by atoms with Crippen molar-refractivity contribution in [2.75, 3.05) is 0 Å². The Kier molecular flexibility index (Phi) is 1.83. The zero-order valence-electron chi connectivity index (χ0n) is 5.64. The van der Waals surface area contributed by atoms with Crippen LogP contribution in [0.1, 0.15) is 5.69 Å². The maximum Gasteiger partial charge on any atom is 0.431 e. The average molecular weight is 179 g/mol. The number of hydrogen-bond donors (Lipinski definition) is 2. The van der Waals surface area contributed by atoms with E-state index in [1.54, 1.807) is 4.98 Å². The molecule has 12 heavy (non-hydrogen) atoms. The van der Waals surface area contributed by atoms with Crippen molar-refractivity contribution >= 4 is 0 Å². The first kappa shape index (κ1) is 8.63. The van der Waals surface area contributed by atoms with Crippen LogP contribution in [-0.2, 0) is 6.18 Å². The fourth-order valence-corrected chi connectivity index (χ4v) is 0.628. The van der Waals surface area contributed by atoms with Crippen LogP contribution in [0.2, 0.25) is 0 Å². The second-order valence-electron chi connectivity index (χ2n) is 2.09. The van der Waals surface area contributed by atoms with Crippen molar-refractivity contribution in [1.29, 1.82) is 0 Å². The first-order valence-corrected chi connectivity index (χ1v) is 2.90. The van der Waals surface area contributed by atoms with Gasteiger partial charge in [-0.2, -0.15) is 13.2 Å². The molecule has 6 heteroatoms. The van der Waals surface area contributed by atoms with Crippen molar-refractivity contribution in [2.45, 2.75) is 6.18 Å². The molecule has 0 radical (unpaired) electrons. The van der Waals surface area contributed by atoms with Crippen LogP contribution in [0.3, 0.4) is 0 Å². The summed E-state index contributed by atoms with van der Waals surface area (Å²) in [6.07, 6.45) is -3.99. The fourth-order valence-electron chi connectivity index (χ4n) is 0.628. The van der Waals surface area contributed by atoms with E-state index in [2.05, 4.69) is 0 Å². The standard InChI is InChI=1S/C6H4F3NO2/c7-6(8,9)5-1-3(11)4(12)2-10-5/h1-2,12H,(H,10,11). The largest absolute Gasteiger partial charge is 0.503 e. The fraction of sp³-hybridized carbons (Fsp3) is 0.167. The number of rotatable bonds is 0. The third kappa shape index (κ3) is 1.58. The van der Waals surface area contributed by atoms with E-state index in [9.17, 15) is 18.0 Å². The van der Waals surface area contributed by atoms with Crippen LogP contribution in [0.5, 0.6) is 5.75 Å². The molecule has 1 aromatic heterocycles. The number of H-pyrrole nitrogens is 1. The van der Waals surface area contributed by atoms with Crippen molar-refractivity contribution in [1.82, 2.24) is 4.98 Å². The van der Waals surface area contributed by atoms with E-state index < -0.39 is 23.0 Å². The van der Waals surface area contributed by atoms with E-state index in [0.29, 0.717) is 12.3 Å². The Hall–Kier alpha value is -1.46. The van der Waals surface area contributed by atoms with Gasteiger partial charge in [0.05, 0.1) is 0 Å². The van der Waals surface area contributed by atoms with Gasteiger partial charge in [-0.15, -0.1) is 0 Å². The summed E-state index contributed by atoms with van der Waals surface area (Å²) >= 11 is 0. The zero-order chi connectivity index (χ0) is 9.35. The molecule has 1 aromatic rings. The van der Waals surface area contributed by atoms with Crippen molar-refractivity contribution in [3.05, 3.63) is 28.2 Å². The van der Waals surface area contributed by atoms with Crippen molar-refractivity contribution in [3.63, 3.8) is 0 Å². The molecule has 0 spiro atoms. The Morgan fingerprint density at radius 2 is 2.00 bits per heavy atom. The number of aromatic hydroxyl groups is 1. The molecule has 0 aliphatic heterocycles. The van der Waals surface area contributed by atoms with Crippen molar-refractivity contribution in [3.8, 4) is 5.75 Å². The molecular weight excluding hydrogens is 175 g/mol. The number of nitrogens with one attached hydrogen (secondary N) is 1. The number of hydrogen-bond acceptors (Lipinski definition) is 2. The van der Waals surface area contributed by atoms with Crippen LogP contribution in [0.25, 0.3) is 0 Å².